The summed E-state index contributed by atoms with van der Waals surface area (Å²) in [7, 11) is 0. The standard InChI is InChI=1S/C16H15ClFNO3/c17-12-6-5-10(7-13(12)18)14(9-20)19-16(22)8-11-3-1-2-4-15(11)21/h1-7,14,20-21H,8-9H2,(H,19,22). The molecule has 4 nitrogen and oxygen atoms in total. The van der Waals surface area contributed by atoms with Gasteiger partial charge in [-0.3, -0.25) is 4.79 Å². The second-order valence-electron chi connectivity index (χ2n) is 4.78. The Labute approximate surface area is 132 Å². The maximum atomic E-state index is 13.5. The third-order valence-corrected chi connectivity index (χ3v) is 3.51. The second kappa shape index (κ2) is 7.24. The van der Waals surface area contributed by atoms with Crippen molar-refractivity contribution >= 4 is 17.5 Å². The third kappa shape index (κ3) is 3.96. The lowest BCUT2D eigenvalue weighted by molar-refractivity contribution is -0.121. The van der Waals surface area contributed by atoms with Crippen LogP contribution >= 0.6 is 11.6 Å². The van der Waals surface area contributed by atoms with Crippen LogP contribution < -0.4 is 5.32 Å². The molecule has 0 bridgehead atoms. The van der Waals surface area contributed by atoms with Gasteiger partial charge < -0.3 is 15.5 Å². The molecule has 0 aliphatic carbocycles. The molecule has 1 atom stereocenters. The normalized spacial score (nSPS) is 12.0. The summed E-state index contributed by atoms with van der Waals surface area (Å²) in [5.41, 5.74) is 0.883. The van der Waals surface area contributed by atoms with Crippen LogP contribution in [-0.2, 0) is 11.2 Å². The average molecular weight is 324 g/mol. The molecule has 22 heavy (non-hydrogen) atoms. The van der Waals surface area contributed by atoms with Crippen molar-refractivity contribution in [1.29, 1.82) is 0 Å². The number of carbonyl (C=O) groups excluding carboxylic acids is 1. The fraction of sp³-hybridized carbons (Fsp3) is 0.188. The predicted octanol–water partition coefficient (Wildman–Crippen LogP) is 2.58. The highest BCUT2D eigenvalue weighted by Crippen LogP contribution is 2.21. The summed E-state index contributed by atoms with van der Waals surface area (Å²) in [6.07, 6.45) is -0.0424. The number of carbonyl (C=O) groups is 1. The van der Waals surface area contributed by atoms with Crippen LogP contribution in [-0.4, -0.2) is 22.7 Å². The fourth-order valence-corrected chi connectivity index (χ4v) is 2.16. The summed E-state index contributed by atoms with van der Waals surface area (Å²) in [5, 5.41) is 21.6. The zero-order valence-electron chi connectivity index (χ0n) is 11.6. The highest BCUT2D eigenvalue weighted by Gasteiger charge is 2.16. The highest BCUT2D eigenvalue weighted by atomic mass is 35.5. The summed E-state index contributed by atoms with van der Waals surface area (Å²) in [5.74, 6) is -0.987. The molecule has 0 fully saturated rings. The van der Waals surface area contributed by atoms with E-state index in [4.69, 9.17) is 11.6 Å². The van der Waals surface area contributed by atoms with Gasteiger partial charge in [0.1, 0.15) is 11.6 Å². The zero-order chi connectivity index (χ0) is 16.1. The number of nitrogens with one attached hydrogen (secondary N) is 1. The van der Waals surface area contributed by atoms with E-state index in [1.54, 1.807) is 18.2 Å². The Balaban J connectivity index is 2.08. The van der Waals surface area contributed by atoms with Crippen molar-refractivity contribution in [1.82, 2.24) is 5.32 Å². The Morgan fingerprint density at radius 2 is 2.00 bits per heavy atom. The lowest BCUT2D eigenvalue weighted by Gasteiger charge is -2.17. The maximum absolute atomic E-state index is 13.5. The lowest BCUT2D eigenvalue weighted by atomic mass is 10.1. The number of halogens is 2. The van der Waals surface area contributed by atoms with Gasteiger partial charge in [-0.2, -0.15) is 0 Å². The summed E-state index contributed by atoms with van der Waals surface area (Å²) in [4.78, 5) is 12.0. The number of phenolic OH excluding ortho intramolecular Hbond substituents is 1. The summed E-state index contributed by atoms with van der Waals surface area (Å²) in [6, 6.07) is 9.81. The molecule has 3 N–H and O–H groups in total. The number of rotatable bonds is 5. The molecular weight excluding hydrogens is 309 g/mol. The van der Waals surface area contributed by atoms with Crippen molar-refractivity contribution < 1.29 is 19.4 Å². The predicted molar refractivity (Wildman–Crippen MR) is 81.2 cm³/mol. The second-order valence-corrected chi connectivity index (χ2v) is 5.19. The van der Waals surface area contributed by atoms with E-state index in [9.17, 15) is 19.4 Å². The Bertz CT molecular complexity index is 678. The number of para-hydroxylation sites is 1. The first-order valence-corrected chi connectivity index (χ1v) is 7.01. The van der Waals surface area contributed by atoms with Gasteiger partial charge in [-0.15, -0.1) is 0 Å². The van der Waals surface area contributed by atoms with Crippen molar-refractivity contribution in [3.05, 3.63) is 64.4 Å². The quantitative estimate of drug-likeness (QED) is 0.792. The molecule has 0 heterocycles. The Hall–Kier alpha value is -2.11. The molecule has 0 radical (unpaired) electrons. The minimum absolute atomic E-state index is 0.0238. The number of aliphatic hydroxyl groups is 1. The van der Waals surface area contributed by atoms with Crippen LogP contribution in [0.2, 0.25) is 5.02 Å². The molecular formula is C16H15ClFNO3. The van der Waals surface area contributed by atoms with Crippen LogP contribution in [0.15, 0.2) is 42.5 Å². The van der Waals surface area contributed by atoms with Crippen LogP contribution in [0.25, 0.3) is 0 Å². The molecule has 0 saturated carbocycles. The number of hydrogen-bond acceptors (Lipinski definition) is 3. The highest BCUT2D eigenvalue weighted by molar-refractivity contribution is 6.30. The molecule has 2 aromatic carbocycles. The SMILES string of the molecule is O=C(Cc1ccccc1O)NC(CO)c1ccc(Cl)c(F)c1. The molecule has 0 aliphatic rings. The molecule has 6 heteroatoms. The number of benzene rings is 2. The van der Waals surface area contributed by atoms with E-state index in [1.807, 2.05) is 0 Å². The Morgan fingerprint density at radius 3 is 2.64 bits per heavy atom. The van der Waals surface area contributed by atoms with Crippen molar-refractivity contribution in [3.8, 4) is 5.75 Å². The largest absolute Gasteiger partial charge is 0.508 e. The number of amides is 1. The third-order valence-electron chi connectivity index (χ3n) is 3.21. The number of hydrogen-bond donors (Lipinski definition) is 3. The topological polar surface area (TPSA) is 69.6 Å². The van der Waals surface area contributed by atoms with Gasteiger partial charge in [0, 0.05) is 5.56 Å². The van der Waals surface area contributed by atoms with E-state index in [0.29, 0.717) is 11.1 Å². The smallest absolute Gasteiger partial charge is 0.225 e. The van der Waals surface area contributed by atoms with Crippen LogP contribution in [0.1, 0.15) is 17.2 Å². The lowest BCUT2D eigenvalue weighted by Crippen LogP contribution is -2.32. The fourth-order valence-electron chi connectivity index (χ4n) is 2.04. The van der Waals surface area contributed by atoms with Crippen molar-refractivity contribution in [2.45, 2.75) is 12.5 Å². The molecule has 116 valence electrons. The Morgan fingerprint density at radius 1 is 1.27 bits per heavy atom. The summed E-state index contributed by atoms with van der Waals surface area (Å²) >= 11 is 5.61. The molecule has 0 aliphatic heterocycles. The van der Waals surface area contributed by atoms with Crippen LogP contribution in [0.3, 0.4) is 0 Å². The molecule has 0 aromatic heterocycles. The minimum atomic E-state index is -0.745. The van der Waals surface area contributed by atoms with E-state index in [-0.39, 0.29) is 23.8 Å². The molecule has 1 unspecified atom stereocenters. The molecule has 1 amide bonds. The Kier molecular flexibility index (Phi) is 5.35. The summed E-state index contributed by atoms with van der Waals surface area (Å²) < 4.78 is 13.5. The molecule has 0 saturated heterocycles. The van der Waals surface area contributed by atoms with Crippen molar-refractivity contribution in [2.75, 3.05) is 6.61 Å². The van der Waals surface area contributed by atoms with Crippen LogP contribution in [0.4, 0.5) is 4.39 Å². The maximum Gasteiger partial charge on any atom is 0.225 e. The molecule has 2 aromatic rings. The molecule has 2 rings (SSSR count). The summed E-state index contributed by atoms with van der Waals surface area (Å²) in [6.45, 7) is -0.381. The van der Waals surface area contributed by atoms with Gasteiger partial charge in [0.05, 0.1) is 24.1 Å². The number of aromatic hydroxyl groups is 1. The van der Waals surface area contributed by atoms with E-state index in [0.717, 1.165) is 0 Å². The van der Waals surface area contributed by atoms with Crippen molar-refractivity contribution in [2.24, 2.45) is 0 Å². The van der Waals surface area contributed by atoms with Gasteiger partial charge in [-0.25, -0.2) is 4.39 Å². The van der Waals surface area contributed by atoms with Gasteiger partial charge in [0.2, 0.25) is 5.91 Å². The number of aliphatic hydroxyl groups excluding tert-OH is 1. The van der Waals surface area contributed by atoms with E-state index in [2.05, 4.69) is 5.32 Å². The van der Waals surface area contributed by atoms with Gasteiger partial charge in [0.25, 0.3) is 0 Å². The monoisotopic (exact) mass is 323 g/mol. The van der Waals surface area contributed by atoms with Gasteiger partial charge in [-0.1, -0.05) is 35.9 Å². The molecule has 0 spiro atoms. The average Bonchev–Trinajstić information content (AvgIpc) is 2.50. The first kappa shape index (κ1) is 16.3. The van der Waals surface area contributed by atoms with E-state index in [1.165, 1.54) is 24.3 Å². The number of phenols is 1. The zero-order valence-corrected chi connectivity index (χ0v) is 12.3. The van der Waals surface area contributed by atoms with Gasteiger partial charge in [-0.05, 0) is 23.8 Å². The van der Waals surface area contributed by atoms with E-state index < -0.39 is 17.8 Å². The van der Waals surface area contributed by atoms with Gasteiger partial charge >= 0.3 is 0 Å². The van der Waals surface area contributed by atoms with Gasteiger partial charge in [0.15, 0.2) is 0 Å². The van der Waals surface area contributed by atoms with Crippen molar-refractivity contribution in [3.63, 3.8) is 0 Å². The first-order valence-electron chi connectivity index (χ1n) is 6.63. The van der Waals surface area contributed by atoms with Crippen LogP contribution in [0, 0.1) is 5.82 Å². The minimum Gasteiger partial charge on any atom is -0.508 e. The first-order chi connectivity index (χ1) is 10.5. The van der Waals surface area contributed by atoms with E-state index >= 15 is 0 Å². The van der Waals surface area contributed by atoms with Crippen LogP contribution in [0.5, 0.6) is 5.75 Å².